The highest BCUT2D eigenvalue weighted by Crippen LogP contribution is 2.75. The zero-order valence-corrected chi connectivity index (χ0v) is 38.0. The number of benzene rings is 3. The Morgan fingerprint density at radius 1 is 0.712 bits per heavy atom. The molecule has 4 fully saturated rings. The van der Waals surface area contributed by atoms with Crippen LogP contribution in [0.5, 0.6) is 0 Å². The summed E-state index contributed by atoms with van der Waals surface area (Å²) >= 11 is 0. The number of rotatable bonds is 8. The lowest BCUT2D eigenvalue weighted by atomic mass is 9.33. The van der Waals surface area contributed by atoms with E-state index in [9.17, 15) is 20.1 Å². The number of carboxylic acid groups (broad SMARTS) is 1. The quantitative estimate of drug-likeness (QED) is 0.170. The van der Waals surface area contributed by atoms with Crippen LogP contribution < -0.4 is 5.32 Å². The Morgan fingerprint density at radius 3 is 1.83 bits per heavy atom. The molecular weight excluding hydrogens is 750 g/mol. The highest BCUT2D eigenvalue weighted by atomic mass is 35.5. The molecule has 322 valence electrons. The number of hydrogen-bond donors (Lipinski definition) is 4. The van der Waals surface area contributed by atoms with E-state index in [1.807, 2.05) is 0 Å². The summed E-state index contributed by atoms with van der Waals surface area (Å²) in [7, 11) is 0. The van der Waals surface area contributed by atoms with Gasteiger partial charge in [0.2, 0.25) is 0 Å². The fraction of sp³-hybridized carbons (Fsp3) is 0.604. The summed E-state index contributed by atoms with van der Waals surface area (Å²) in [5, 5.41) is 36.7. The second kappa shape index (κ2) is 17.1. The van der Waals surface area contributed by atoms with Crippen molar-refractivity contribution in [3.8, 4) is 0 Å². The van der Waals surface area contributed by atoms with Crippen molar-refractivity contribution in [2.75, 3.05) is 6.54 Å². The van der Waals surface area contributed by atoms with Crippen molar-refractivity contribution in [2.24, 2.45) is 50.2 Å². The van der Waals surface area contributed by atoms with E-state index in [1.54, 1.807) is 0 Å². The average molecular weight is 825 g/mol. The number of nitrogens with one attached hydrogen (secondary N) is 1. The maximum Gasteiger partial charge on any atom is 0.312 e. The first-order chi connectivity index (χ1) is 27.4. The minimum absolute atomic E-state index is 0. The largest absolute Gasteiger partial charge is 0.481 e. The smallest absolute Gasteiger partial charge is 0.312 e. The Labute approximate surface area is 362 Å². The highest BCUT2D eigenvalue weighted by Gasteiger charge is 2.71. The van der Waals surface area contributed by atoms with Gasteiger partial charge in [-0.25, -0.2) is 0 Å². The molecule has 0 saturated heterocycles. The van der Waals surface area contributed by atoms with Crippen molar-refractivity contribution >= 4 is 18.4 Å². The van der Waals surface area contributed by atoms with Crippen LogP contribution in [0.2, 0.25) is 0 Å². The molecule has 0 aromatic heterocycles. The molecule has 10 unspecified atom stereocenters. The Kier molecular flexibility index (Phi) is 13.2. The third-order valence-electron chi connectivity index (χ3n) is 17.6. The third-order valence-corrected chi connectivity index (χ3v) is 17.6. The second-order valence-electron chi connectivity index (χ2n) is 21.4. The molecule has 0 heterocycles. The minimum atomic E-state index is -1.04. The monoisotopic (exact) mass is 824 g/mol. The lowest BCUT2D eigenvalue weighted by Crippen LogP contribution is -2.67. The van der Waals surface area contributed by atoms with Gasteiger partial charge in [0, 0.05) is 12.0 Å². The van der Waals surface area contributed by atoms with Crippen molar-refractivity contribution in [1.82, 2.24) is 5.32 Å². The molecule has 3 aromatic rings. The summed E-state index contributed by atoms with van der Waals surface area (Å²) in [6.45, 7) is 19.6. The molecule has 59 heavy (non-hydrogen) atoms. The zero-order chi connectivity index (χ0) is 41.7. The van der Waals surface area contributed by atoms with Crippen LogP contribution in [0, 0.1) is 50.2 Å². The van der Waals surface area contributed by atoms with Gasteiger partial charge in [-0.05, 0) is 139 Å². The van der Waals surface area contributed by atoms with Gasteiger partial charge >= 0.3 is 5.97 Å². The fourth-order valence-corrected chi connectivity index (χ4v) is 13.9. The maximum absolute atomic E-state index is 12.8. The molecular formula is C53H74ClNO4. The molecule has 0 amide bonds. The van der Waals surface area contributed by atoms with E-state index in [0.29, 0.717) is 36.6 Å². The molecule has 5 nitrogen and oxygen atoms in total. The highest BCUT2D eigenvalue weighted by molar-refractivity contribution is 5.85. The molecule has 0 bridgehead atoms. The van der Waals surface area contributed by atoms with E-state index in [4.69, 9.17) is 0 Å². The van der Waals surface area contributed by atoms with E-state index < -0.39 is 17.5 Å². The van der Waals surface area contributed by atoms with Crippen molar-refractivity contribution in [1.29, 1.82) is 0 Å². The van der Waals surface area contributed by atoms with Gasteiger partial charge in [-0.3, -0.25) is 4.79 Å². The van der Waals surface area contributed by atoms with Gasteiger partial charge < -0.3 is 20.6 Å². The molecule has 6 heteroatoms. The van der Waals surface area contributed by atoms with E-state index in [-0.39, 0.29) is 51.5 Å². The minimum Gasteiger partial charge on any atom is -0.481 e. The number of aliphatic hydroxyl groups excluding tert-OH is 2. The molecule has 3 aromatic carbocycles. The Hall–Kier alpha value is -2.96. The number of aliphatic carboxylic acids is 1. The lowest BCUT2D eigenvalue weighted by molar-refractivity contribution is -0.218. The summed E-state index contributed by atoms with van der Waals surface area (Å²) in [5.74, 6) is 0.522. The molecule has 4 saturated carbocycles. The normalized spacial score (nSPS) is 35.8. The van der Waals surface area contributed by atoms with Gasteiger partial charge in [-0.2, -0.15) is 0 Å². The number of carbonyl (C=O) groups is 1. The molecule has 0 radical (unpaired) electrons. The number of aliphatic hydroxyl groups is 2. The Morgan fingerprint density at radius 2 is 1.27 bits per heavy atom. The van der Waals surface area contributed by atoms with Crippen molar-refractivity contribution in [3.05, 3.63) is 119 Å². The Bertz CT molecular complexity index is 1880. The topological polar surface area (TPSA) is 89.8 Å². The SMILES string of the molecule is CC(NCCC(c1ccccc1)c1ccccc1)c1ccccc1.CC1(C)CCC2(C(=O)O)C(O)CC3(C)C(=CCC4C5(C)CCC(O)C(C)(C)C5CCC43C)C2C1.Cl. The molecule has 10 atom stereocenters. The van der Waals surface area contributed by atoms with E-state index in [1.165, 1.54) is 22.3 Å². The van der Waals surface area contributed by atoms with E-state index in [2.05, 4.69) is 158 Å². The van der Waals surface area contributed by atoms with Crippen LogP contribution in [-0.2, 0) is 4.79 Å². The van der Waals surface area contributed by atoms with Gasteiger partial charge in [0.15, 0.2) is 0 Å². The van der Waals surface area contributed by atoms with Crippen molar-refractivity contribution in [3.63, 3.8) is 0 Å². The summed E-state index contributed by atoms with van der Waals surface area (Å²) in [6, 6.07) is 32.6. The maximum atomic E-state index is 12.8. The van der Waals surface area contributed by atoms with E-state index in [0.717, 1.165) is 57.9 Å². The summed E-state index contributed by atoms with van der Waals surface area (Å²) < 4.78 is 0. The van der Waals surface area contributed by atoms with Gasteiger partial charge in [-0.15, -0.1) is 12.4 Å². The average Bonchev–Trinajstić information content (AvgIpc) is 3.19. The molecule has 0 aliphatic heterocycles. The van der Waals surface area contributed by atoms with Gasteiger partial charge in [0.25, 0.3) is 0 Å². The van der Waals surface area contributed by atoms with Crippen molar-refractivity contribution < 1.29 is 20.1 Å². The number of fused-ring (bicyclic) bond motifs is 7. The predicted molar refractivity (Wildman–Crippen MR) is 244 cm³/mol. The standard InChI is InChI=1S/C30H48O4.C23H25N.ClH/c1-25(2)14-15-30(24(33)34)19(16-25)18-8-9-21-27(5)12-11-22(31)26(3,4)20(27)10-13-28(21,6)29(18,7)17-23(30)32;1-19(20-11-5-2-6-12-20)24-18-17-23(21-13-7-3-8-14-21)22-15-9-4-10-16-22;/h8,19-23,31-32H,9-17H2,1-7H3,(H,33,34);2-16,19,23-24H,17-18H2,1H3;1H. The zero-order valence-electron chi connectivity index (χ0n) is 37.2. The predicted octanol–water partition coefficient (Wildman–Crippen LogP) is 12.2. The van der Waals surface area contributed by atoms with Gasteiger partial charge in [-0.1, -0.05) is 151 Å². The van der Waals surface area contributed by atoms with Gasteiger partial charge in [0.1, 0.15) is 5.41 Å². The number of hydrogen-bond acceptors (Lipinski definition) is 4. The van der Waals surface area contributed by atoms with Crippen LogP contribution in [0.3, 0.4) is 0 Å². The van der Waals surface area contributed by atoms with Crippen LogP contribution in [-0.4, -0.2) is 40.0 Å². The number of allylic oxidation sites excluding steroid dienone is 2. The fourth-order valence-electron chi connectivity index (χ4n) is 13.9. The summed E-state index contributed by atoms with van der Waals surface area (Å²) in [4.78, 5) is 12.8. The first-order valence-corrected chi connectivity index (χ1v) is 22.6. The molecule has 0 spiro atoms. The first-order valence-electron chi connectivity index (χ1n) is 22.6. The molecule has 5 aliphatic rings. The second-order valence-corrected chi connectivity index (χ2v) is 21.4. The first kappa shape index (κ1) is 45.6. The molecule has 4 N–H and O–H groups in total. The van der Waals surface area contributed by atoms with Crippen LogP contribution in [0.1, 0.15) is 148 Å². The van der Waals surface area contributed by atoms with Crippen LogP contribution in [0.4, 0.5) is 0 Å². The lowest BCUT2D eigenvalue weighted by Gasteiger charge is -2.71. The van der Waals surface area contributed by atoms with Crippen LogP contribution in [0.25, 0.3) is 0 Å². The Balaban J connectivity index is 0.000000207. The summed E-state index contributed by atoms with van der Waals surface area (Å²) in [6.07, 6.45) is 10.4. The number of carboxylic acids is 1. The molecule has 8 rings (SSSR count). The van der Waals surface area contributed by atoms with Crippen LogP contribution >= 0.6 is 12.4 Å². The van der Waals surface area contributed by atoms with Crippen molar-refractivity contribution in [2.45, 2.75) is 144 Å². The third kappa shape index (κ3) is 7.90. The number of halogens is 1. The summed E-state index contributed by atoms with van der Waals surface area (Å²) in [5.41, 5.74) is 4.41. The molecule has 5 aliphatic carbocycles. The van der Waals surface area contributed by atoms with Crippen LogP contribution in [0.15, 0.2) is 103 Å². The van der Waals surface area contributed by atoms with E-state index >= 15 is 0 Å². The van der Waals surface area contributed by atoms with Gasteiger partial charge in [0.05, 0.1) is 12.2 Å².